The number of nitrogens with zero attached hydrogens (tertiary/aromatic N) is 2. The number of benzene rings is 2. The van der Waals surface area contributed by atoms with Crippen molar-refractivity contribution in [2.24, 2.45) is 0 Å². The van der Waals surface area contributed by atoms with Crippen molar-refractivity contribution in [3.05, 3.63) is 87.7 Å². The van der Waals surface area contributed by atoms with Gasteiger partial charge in [-0.3, -0.25) is 9.78 Å². The van der Waals surface area contributed by atoms with Crippen LogP contribution in [0.25, 0.3) is 0 Å². The molecule has 1 N–H and O–H groups in total. The summed E-state index contributed by atoms with van der Waals surface area (Å²) < 4.78 is 0. The van der Waals surface area contributed by atoms with E-state index in [2.05, 4.69) is 39.5 Å². The molecule has 4 rings (SSSR count). The van der Waals surface area contributed by atoms with Gasteiger partial charge in [-0.25, -0.2) is 0 Å². The van der Waals surface area contributed by atoms with Crippen LogP contribution < -0.4 is 10.2 Å². The number of hydrogen-bond acceptors (Lipinski definition) is 3. The predicted octanol–water partition coefficient (Wildman–Crippen LogP) is 5.20. The summed E-state index contributed by atoms with van der Waals surface area (Å²) in [7, 11) is 0. The molecule has 0 unspecified atom stereocenters. The van der Waals surface area contributed by atoms with Crippen LogP contribution in [0.3, 0.4) is 0 Å². The zero-order valence-corrected chi connectivity index (χ0v) is 16.0. The summed E-state index contributed by atoms with van der Waals surface area (Å²) in [5.74, 6) is -0.272. The van der Waals surface area contributed by atoms with Crippen molar-refractivity contribution >= 4 is 40.5 Å². The van der Waals surface area contributed by atoms with Crippen LogP contribution in [0.2, 0.25) is 10.0 Å². The number of amides is 1. The monoisotopic (exact) mass is 397 g/mol. The maximum Gasteiger partial charge on any atom is 0.257 e. The van der Waals surface area contributed by atoms with E-state index in [-0.39, 0.29) is 5.91 Å². The fourth-order valence-electron chi connectivity index (χ4n) is 3.24. The Hall–Kier alpha value is -2.56. The summed E-state index contributed by atoms with van der Waals surface area (Å²) in [4.78, 5) is 19.1. The first kappa shape index (κ1) is 17.8. The summed E-state index contributed by atoms with van der Waals surface area (Å²) in [5, 5.41) is 3.52. The standard InChI is InChI=1S/C21H17Cl2N3O/c22-18-6-3-7-19(20(18)23)25-21(27)16-10-17(12-24-11-16)26-9-8-14-4-1-2-5-15(14)13-26/h1-7,10-12H,8-9,13H2,(H,25,27). The van der Waals surface area contributed by atoms with Gasteiger partial charge in [-0.05, 0) is 35.7 Å². The molecule has 1 aromatic heterocycles. The Kier molecular flexibility index (Phi) is 5.01. The van der Waals surface area contributed by atoms with Crippen molar-refractivity contribution in [1.82, 2.24) is 4.98 Å². The lowest BCUT2D eigenvalue weighted by Crippen LogP contribution is -2.30. The molecule has 27 heavy (non-hydrogen) atoms. The molecule has 4 nitrogen and oxygen atoms in total. The van der Waals surface area contributed by atoms with E-state index in [9.17, 15) is 4.79 Å². The van der Waals surface area contributed by atoms with Crippen LogP contribution in [-0.4, -0.2) is 17.4 Å². The average Bonchev–Trinajstić information content (AvgIpc) is 2.71. The largest absolute Gasteiger partial charge is 0.366 e. The van der Waals surface area contributed by atoms with Crippen LogP contribution in [0, 0.1) is 0 Å². The van der Waals surface area contributed by atoms with Crippen molar-refractivity contribution in [3.8, 4) is 0 Å². The molecule has 1 amide bonds. The van der Waals surface area contributed by atoms with E-state index in [1.807, 2.05) is 6.07 Å². The Bertz CT molecular complexity index is 1010. The van der Waals surface area contributed by atoms with Crippen LogP contribution in [0.1, 0.15) is 21.5 Å². The zero-order valence-electron chi connectivity index (χ0n) is 14.5. The second-order valence-corrected chi connectivity index (χ2v) is 7.21. The zero-order chi connectivity index (χ0) is 18.8. The molecule has 0 aliphatic carbocycles. The number of carbonyl (C=O) groups excluding carboxylic acids is 1. The van der Waals surface area contributed by atoms with Gasteiger partial charge in [0.1, 0.15) is 0 Å². The number of hydrogen-bond donors (Lipinski definition) is 1. The molecule has 0 spiro atoms. The first-order valence-electron chi connectivity index (χ1n) is 8.64. The van der Waals surface area contributed by atoms with Gasteiger partial charge in [-0.1, -0.05) is 53.5 Å². The van der Waals surface area contributed by atoms with Gasteiger partial charge in [0, 0.05) is 19.3 Å². The SMILES string of the molecule is O=C(Nc1cccc(Cl)c1Cl)c1cncc(N2CCc3ccccc3C2)c1. The van der Waals surface area contributed by atoms with Crippen molar-refractivity contribution in [3.63, 3.8) is 0 Å². The van der Waals surface area contributed by atoms with Crippen molar-refractivity contribution in [2.75, 3.05) is 16.8 Å². The fraction of sp³-hybridized carbons (Fsp3) is 0.143. The van der Waals surface area contributed by atoms with Crippen LogP contribution in [-0.2, 0) is 13.0 Å². The number of fused-ring (bicyclic) bond motifs is 1. The first-order chi connectivity index (χ1) is 13.1. The summed E-state index contributed by atoms with van der Waals surface area (Å²) in [6.07, 6.45) is 4.32. The Morgan fingerprint density at radius 3 is 2.70 bits per heavy atom. The minimum Gasteiger partial charge on any atom is -0.366 e. The molecule has 136 valence electrons. The number of anilines is 2. The summed E-state index contributed by atoms with van der Waals surface area (Å²) in [5.41, 5.74) is 4.57. The average molecular weight is 398 g/mol. The number of nitrogens with one attached hydrogen (secondary N) is 1. The second kappa shape index (κ2) is 7.59. The van der Waals surface area contributed by atoms with E-state index < -0.39 is 0 Å². The van der Waals surface area contributed by atoms with Crippen molar-refractivity contribution in [2.45, 2.75) is 13.0 Å². The van der Waals surface area contributed by atoms with Crippen molar-refractivity contribution in [1.29, 1.82) is 0 Å². The molecular formula is C21H17Cl2N3O. The lowest BCUT2D eigenvalue weighted by Gasteiger charge is -2.30. The molecular weight excluding hydrogens is 381 g/mol. The van der Waals surface area contributed by atoms with Gasteiger partial charge >= 0.3 is 0 Å². The molecule has 2 heterocycles. The highest BCUT2D eigenvalue weighted by atomic mass is 35.5. The molecule has 0 fully saturated rings. The van der Waals surface area contributed by atoms with Crippen LogP contribution >= 0.6 is 23.2 Å². The van der Waals surface area contributed by atoms with Gasteiger partial charge in [0.05, 0.1) is 33.2 Å². The lowest BCUT2D eigenvalue weighted by atomic mass is 9.99. The van der Waals surface area contributed by atoms with E-state index in [0.29, 0.717) is 21.3 Å². The molecule has 3 aromatic rings. The van der Waals surface area contributed by atoms with E-state index in [4.69, 9.17) is 23.2 Å². The molecule has 1 aliphatic heterocycles. The Morgan fingerprint density at radius 2 is 1.85 bits per heavy atom. The van der Waals surface area contributed by atoms with Crippen LogP contribution in [0.4, 0.5) is 11.4 Å². The highest BCUT2D eigenvalue weighted by Gasteiger charge is 2.18. The highest BCUT2D eigenvalue weighted by Crippen LogP contribution is 2.30. The molecule has 0 saturated carbocycles. The molecule has 2 aromatic carbocycles. The van der Waals surface area contributed by atoms with E-state index in [1.165, 1.54) is 11.1 Å². The first-order valence-corrected chi connectivity index (χ1v) is 9.39. The van der Waals surface area contributed by atoms with Gasteiger partial charge in [0.15, 0.2) is 0 Å². The van der Waals surface area contributed by atoms with Gasteiger partial charge in [0.25, 0.3) is 5.91 Å². The predicted molar refractivity (Wildman–Crippen MR) is 110 cm³/mol. The second-order valence-electron chi connectivity index (χ2n) is 6.43. The Labute approximate surface area is 167 Å². The quantitative estimate of drug-likeness (QED) is 0.659. The third-order valence-corrected chi connectivity index (χ3v) is 5.50. The van der Waals surface area contributed by atoms with Gasteiger partial charge in [-0.15, -0.1) is 0 Å². The van der Waals surface area contributed by atoms with Crippen molar-refractivity contribution < 1.29 is 4.79 Å². The summed E-state index contributed by atoms with van der Waals surface area (Å²) >= 11 is 12.2. The number of rotatable bonds is 3. The third kappa shape index (κ3) is 3.77. The number of pyridine rings is 1. The highest BCUT2D eigenvalue weighted by molar-refractivity contribution is 6.44. The third-order valence-electron chi connectivity index (χ3n) is 4.68. The normalized spacial score (nSPS) is 13.2. The molecule has 0 bridgehead atoms. The minimum absolute atomic E-state index is 0.272. The maximum absolute atomic E-state index is 12.6. The molecule has 6 heteroatoms. The molecule has 1 aliphatic rings. The number of carbonyl (C=O) groups is 1. The number of aromatic nitrogens is 1. The fourth-order valence-corrected chi connectivity index (χ4v) is 3.58. The van der Waals surface area contributed by atoms with Gasteiger partial charge in [-0.2, -0.15) is 0 Å². The van der Waals surface area contributed by atoms with E-state index >= 15 is 0 Å². The molecule has 0 saturated heterocycles. The lowest BCUT2D eigenvalue weighted by molar-refractivity contribution is 0.102. The topological polar surface area (TPSA) is 45.2 Å². The van der Waals surface area contributed by atoms with E-state index in [1.54, 1.807) is 30.6 Å². The summed E-state index contributed by atoms with van der Waals surface area (Å²) in [6.45, 7) is 1.70. The van der Waals surface area contributed by atoms with Crippen LogP contribution in [0.5, 0.6) is 0 Å². The van der Waals surface area contributed by atoms with Gasteiger partial charge in [0.2, 0.25) is 0 Å². The smallest absolute Gasteiger partial charge is 0.257 e. The molecule has 0 radical (unpaired) electrons. The Morgan fingerprint density at radius 1 is 1.04 bits per heavy atom. The minimum atomic E-state index is -0.272. The van der Waals surface area contributed by atoms with Crippen LogP contribution in [0.15, 0.2) is 60.9 Å². The maximum atomic E-state index is 12.6. The van der Waals surface area contributed by atoms with E-state index in [0.717, 1.165) is 25.2 Å². The van der Waals surface area contributed by atoms with Gasteiger partial charge < -0.3 is 10.2 Å². The summed E-state index contributed by atoms with van der Waals surface area (Å²) in [6, 6.07) is 15.4. The Balaban J connectivity index is 1.54. The number of halogens is 2. The molecule has 0 atom stereocenters.